The van der Waals surface area contributed by atoms with Crippen LogP contribution in [0.3, 0.4) is 0 Å². The molecular formula is C18H33N3. The quantitative estimate of drug-likeness (QED) is 0.786. The Morgan fingerprint density at radius 2 is 2.10 bits per heavy atom. The second-order valence-electron chi connectivity index (χ2n) is 7.02. The van der Waals surface area contributed by atoms with E-state index < -0.39 is 0 Å². The Morgan fingerprint density at radius 3 is 2.67 bits per heavy atom. The van der Waals surface area contributed by atoms with Crippen molar-refractivity contribution in [1.29, 1.82) is 0 Å². The Kier molecular flexibility index (Phi) is 6.28. The van der Waals surface area contributed by atoms with Gasteiger partial charge in [0.25, 0.3) is 0 Å². The van der Waals surface area contributed by atoms with Gasteiger partial charge in [-0.15, -0.1) is 0 Å². The fraction of sp³-hybridized carbons (Fsp3) is 0.833. The van der Waals surface area contributed by atoms with Crippen LogP contribution >= 0.6 is 0 Å². The molecular weight excluding hydrogens is 258 g/mol. The first-order chi connectivity index (χ1) is 10.2. The van der Waals surface area contributed by atoms with Crippen LogP contribution in [0.1, 0.15) is 64.5 Å². The van der Waals surface area contributed by atoms with Gasteiger partial charge in [0.05, 0.1) is 5.69 Å². The summed E-state index contributed by atoms with van der Waals surface area (Å²) >= 11 is 0. The molecule has 1 aromatic heterocycles. The first kappa shape index (κ1) is 16.5. The molecule has 0 atom stereocenters. The molecule has 1 aromatic rings. The van der Waals surface area contributed by atoms with Crippen LogP contribution in [0.15, 0.2) is 12.3 Å². The predicted octanol–water partition coefficient (Wildman–Crippen LogP) is 3.94. The van der Waals surface area contributed by atoms with E-state index in [4.69, 9.17) is 0 Å². The topological polar surface area (TPSA) is 29.9 Å². The zero-order valence-corrected chi connectivity index (χ0v) is 14.2. The minimum atomic E-state index is 0.438. The number of rotatable bonds is 8. The molecule has 1 N–H and O–H groups in total. The molecule has 21 heavy (non-hydrogen) atoms. The second-order valence-corrected chi connectivity index (χ2v) is 7.02. The van der Waals surface area contributed by atoms with E-state index in [0.717, 1.165) is 25.4 Å². The lowest BCUT2D eigenvalue weighted by Gasteiger charge is -2.40. The zero-order valence-electron chi connectivity index (χ0n) is 14.2. The molecule has 3 nitrogen and oxygen atoms in total. The molecule has 1 saturated carbocycles. The van der Waals surface area contributed by atoms with Crippen LogP contribution in [0, 0.1) is 11.3 Å². The van der Waals surface area contributed by atoms with E-state index in [1.165, 1.54) is 50.6 Å². The van der Waals surface area contributed by atoms with Gasteiger partial charge in [-0.25, -0.2) is 0 Å². The van der Waals surface area contributed by atoms with Gasteiger partial charge in [0.15, 0.2) is 0 Å². The van der Waals surface area contributed by atoms with E-state index in [1.54, 1.807) is 0 Å². The molecule has 0 amide bonds. The van der Waals surface area contributed by atoms with Crippen LogP contribution < -0.4 is 5.32 Å². The molecule has 0 spiro atoms. The highest BCUT2D eigenvalue weighted by atomic mass is 15.2. The molecule has 2 rings (SSSR count). The second kappa shape index (κ2) is 7.98. The molecule has 0 saturated heterocycles. The Hall–Kier alpha value is -0.830. The molecule has 0 unspecified atom stereocenters. The van der Waals surface area contributed by atoms with Crippen LogP contribution in [-0.4, -0.2) is 22.9 Å². The van der Waals surface area contributed by atoms with E-state index in [-0.39, 0.29) is 0 Å². The normalized spacial score (nSPS) is 26.1. The van der Waals surface area contributed by atoms with Crippen molar-refractivity contribution in [1.82, 2.24) is 15.1 Å². The molecule has 1 aliphatic carbocycles. The van der Waals surface area contributed by atoms with Crippen molar-refractivity contribution in [2.24, 2.45) is 18.4 Å². The first-order valence-electron chi connectivity index (χ1n) is 8.86. The molecule has 1 fully saturated rings. The Morgan fingerprint density at radius 1 is 1.33 bits per heavy atom. The van der Waals surface area contributed by atoms with Crippen LogP contribution in [0.5, 0.6) is 0 Å². The fourth-order valence-electron chi connectivity index (χ4n) is 3.82. The lowest BCUT2D eigenvalue weighted by Crippen LogP contribution is -2.39. The average molecular weight is 291 g/mol. The van der Waals surface area contributed by atoms with Gasteiger partial charge >= 0.3 is 0 Å². The summed E-state index contributed by atoms with van der Waals surface area (Å²) in [4.78, 5) is 0. The van der Waals surface area contributed by atoms with E-state index in [0.29, 0.717) is 5.41 Å². The number of aryl methyl sites for hydroxylation is 1. The number of unbranched alkanes of at least 4 members (excludes halogenated alkanes) is 1. The minimum absolute atomic E-state index is 0.438. The maximum absolute atomic E-state index is 4.62. The smallest absolute Gasteiger partial charge is 0.0630 e. The number of hydrogen-bond acceptors (Lipinski definition) is 2. The fourth-order valence-corrected chi connectivity index (χ4v) is 3.82. The predicted molar refractivity (Wildman–Crippen MR) is 89.4 cm³/mol. The maximum Gasteiger partial charge on any atom is 0.0630 e. The summed E-state index contributed by atoms with van der Waals surface area (Å²) < 4.78 is 1.93. The Balaban J connectivity index is 1.95. The molecule has 1 heterocycles. The summed E-state index contributed by atoms with van der Waals surface area (Å²) in [7, 11) is 2.02. The molecule has 0 bridgehead atoms. The molecule has 0 aliphatic heterocycles. The van der Waals surface area contributed by atoms with Crippen LogP contribution in [0.25, 0.3) is 0 Å². The molecule has 3 heteroatoms. The number of nitrogens with zero attached hydrogens (tertiary/aromatic N) is 2. The van der Waals surface area contributed by atoms with Gasteiger partial charge in [-0.2, -0.15) is 5.10 Å². The third kappa shape index (κ3) is 4.84. The first-order valence-corrected chi connectivity index (χ1v) is 8.86. The van der Waals surface area contributed by atoms with Gasteiger partial charge in [0.2, 0.25) is 0 Å². The zero-order chi connectivity index (χ0) is 15.1. The summed E-state index contributed by atoms with van der Waals surface area (Å²) in [6.45, 7) is 6.74. The van der Waals surface area contributed by atoms with Crippen molar-refractivity contribution in [3.8, 4) is 0 Å². The van der Waals surface area contributed by atoms with Gasteiger partial charge in [-0.1, -0.05) is 33.1 Å². The van der Waals surface area contributed by atoms with Crippen molar-refractivity contribution >= 4 is 0 Å². The van der Waals surface area contributed by atoms with E-state index in [1.807, 2.05) is 11.7 Å². The Bertz CT molecular complexity index is 402. The van der Waals surface area contributed by atoms with Gasteiger partial charge in [-0.3, -0.25) is 4.68 Å². The number of aromatic nitrogens is 2. The maximum atomic E-state index is 4.62. The SMILES string of the molecule is CCCCC1CCC(CNCC)(Cc2ccn(C)n2)CC1. The van der Waals surface area contributed by atoms with Crippen molar-refractivity contribution in [3.05, 3.63) is 18.0 Å². The lowest BCUT2D eigenvalue weighted by atomic mass is 9.67. The van der Waals surface area contributed by atoms with Gasteiger partial charge in [0.1, 0.15) is 0 Å². The molecule has 0 aromatic carbocycles. The standard InChI is InChI=1S/C18H33N3/c1-4-6-7-16-8-11-18(12-9-16,15-19-5-2)14-17-10-13-21(3)20-17/h10,13,16,19H,4-9,11-12,14-15H2,1-3H3. The largest absolute Gasteiger partial charge is 0.316 e. The third-order valence-electron chi connectivity index (χ3n) is 5.21. The van der Waals surface area contributed by atoms with Gasteiger partial charge in [0, 0.05) is 19.8 Å². The van der Waals surface area contributed by atoms with E-state index in [2.05, 4.69) is 36.5 Å². The summed E-state index contributed by atoms with van der Waals surface area (Å²) in [5, 5.41) is 8.22. The van der Waals surface area contributed by atoms with Crippen molar-refractivity contribution in [3.63, 3.8) is 0 Å². The van der Waals surface area contributed by atoms with Gasteiger partial charge < -0.3 is 5.32 Å². The van der Waals surface area contributed by atoms with Gasteiger partial charge in [-0.05, 0) is 56.0 Å². The monoisotopic (exact) mass is 291 g/mol. The Labute approximate surface area is 130 Å². The van der Waals surface area contributed by atoms with Crippen LogP contribution in [0.4, 0.5) is 0 Å². The summed E-state index contributed by atoms with van der Waals surface area (Å²) in [6, 6.07) is 2.19. The summed E-state index contributed by atoms with van der Waals surface area (Å²) in [5.74, 6) is 0.975. The summed E-state index contributed by atoms with van der Waals surface area (Å²) in [6.07, 6.45) is 13.0. The van der Waals surface area contributed by atoms with Crippen molar-refractivity contribution in [2.75, 3.05) is 13.1 Å². The van der Waals surface area contributed by atoms with Crippen LogP contribution in [-0.2, 0) is 13.5 Å². The highest BCUT2D eigenvalue weighted by molar-refractivity contribution is 5.05. The van der Waals surface area contributed by atoms with Crippen LogP contribution in [0.2, 0.25) is 0 Å². The van der Waals surface area contributed by atoms with Crippen molar-refractivity contribution in [2.45, 2.75) is 65.2 Å². The van der Waals surface area contributed by atoms with E-state index >= 15 is 0 Å². The molecule has 1 aliphatic rings. The number of hydrogen-bond donors (Lipinski definition) is 1. The number of nitrogens with one attached hydrogen (secondary N) is 1. The van der Waals surface area contributed by atoms with E-state index in [9.17, 15) is 0 Å². The molecule has 120 valence electrons. The van der Waals surface area contributed by atoms with Crippen molar-refractivity contribution < 1.29 is 0 Å². The molecule has 0 radical (unpaired) electrons. The highest BCUT2D eigenvalue weighted by Gasteiger charge is 2.35. The lowest BCUT2D eigenvalue weighted by molar-refractivity contribution is 0.137. The minimum Gasteiger partial charge on any atom is -0.316 e. The summed E-state index contributed by atoms with van der Waals surface area (Å²) in [5.41, 5.74) is 1.70. The average Bonchev–Trinajstić information content (AvgIpc) is 2.89. The third-order valence-corrected chi connectivity index (χ3v) is 5.21. The highest BCUT2D eigenvalue weighted by Crippen LogP contribution is 2.42.